The Balaban J connectivity index is 3.05. The Morgan fingerprint density at radius 2 is 2.18 bits per heavy atom. The molecule has 0 aromatic carbocycles. The lowest BCUT2D eigenvalue weighted by Gasteiger charge is -2.20. The van der Waals surface area contributed by atoms with Gasteiger partial charge >= 0.3 is 0 Å². The Labute approximate surface area is 101 Å². The van der Waals surface area contributed by atoms with Gasteiger partial charge in [-0.2, -0.15) is 5.26 Å². The third-order valence-corrected chi connectivity index (χ3v) is 2.42. The van der Waals surface area contributed by atoms with E-state index in [0.29, 0.717) is 11.4 Å². The third-order valence-electron chi connectivity index (χ3n) is 2.42. The van der Waals surface area contributed by atoms with Crippen molar-refractivity contribution in [3.63, 3.8) is 0 Å². The Morgan fingerprint density at radius 1 is 1.53 bits per heavy atom. The van der Waals surface area contributed by atoms with Crippen molar-refractivity contribution in [2.45, 2.75) is 26.8 Å². The van der Waals surface area contributed by atoms with Crippen LogP contribution in [0.3, 0.4) is 0 Å². The summed E-state index contributed by atoms with van der Waals surface area (Å²) in [6.07, 6.45) is 0. The smallest absolute Gasteiger partial charge is 0.240 e. The van der Waals surface area contributed by atoms with Crippen LogP contribution in [0.5, 0.6) is 0 Å². The number of pyridine rings is 1. The highest BCUT2D eigenvalue weighted by atomic mass is 16.1. The Morgan fingerprint density at radius 3 is 2.65 bits per heavy atom. The molecule has 1 atom stereocenters. The van der Waals surface area contributed by atoms with Crippen LogP contribution in [0.1, 0.15) is 25.1 Å². The second-order valence-electron chi connectivity index (χ2n) is 4.23. The van der Waals surface area contributed by atoms with Gasteiger partial charge in [-0.15, -0.1) is 0 Å². The summed E-state index contributed by atoms with van der Waals surface area (Å²) in [5.41, 5.74) is 6.48. The van der Waals surface area contributed by atoms with Gasteiger partial charge in [-0.1, -0.05) is 13.8 Å². The van der Waals surface area contributed by atoms with Crippen LogP contribution in [0.25, 0.3) is 0 Å². The first-order valence-electron chi connectivity index (χ1n) is 5.39. The topological polar surface area (TPSA) is 91.8 Å². The molecule has 0 aliphatic carbocycles. The van der Waals surface area contributed by atoms with Crippen molar-refractivity contribution in [3.8, 4) is 6.07 Å². The van der Waals surface area contributed by atoms with Crippen LogP contribution in [0.2, 0.25) is 0 Å². The normalized spacial score (nSPS) is 11.9. The highest BCUT2D eigenvalue weighted by Gasteiger charge is 2.20. The number of hydrogen-bond donors (Lipinski definition) is 2. The minimum absolute atomic E-state index is 0.0290. The van der Waals surface area contributed by atoms with E-state index in [1.165, 1.54) is 0 Å². The fourth-order valence-electron chi connectivity index (χ4n) is 1.47. The Hall–Kier alpha value is -2.09. The first-order chi connectivity index (χ1) is 7.95. The molecule has 0 bridgehead atoms. The van der Waals surface area contributed by atoms with E-state index in [-0.39, 0.29) is 5.92 Å². The van der Waals surface area contributed by atoms with Gasteiger partial charge in [0.2, 0.25) is 5.91 Å². The fraction of sp³-hybridized carbons (Fsp3) is 0.417. The number of aromatic nitrogens is 1. The number of nitrogens with two attached hydrogens (primary N) is 1. The summed E-state index contributed by atoms with van der Waals surface area (Å²) in [4.78, 5) is 15.5. The molecule has 1 unspecified atom stereocenters. The monoisotopic (exact) mass is 232 g/mol. The number of primary amides is 1. The van der Waals surface area contributed by atoms with Gasteiger partial charge in [-0.3, -0.25) is 4.79 Å². The first-order valence-corrected chi connectivity index (χ1v) is 5.39. The number of nitrogens with one attached hydrogen (secondary N) is 1. The summed E-state index contributed by atoms with van der Waals surface area (Å²) in [5.74, 6) is -0.0152. The van der Waals surface area contributed by atoms with E-state index >= 15 is 0 Å². The van der Waals surface area contributed by atoms with Crippen molar-refractivity contribution in [2.24, 2.45) is 11.7 Å². The average Bonchev–Trinajstić information content (AvgIpc) is 2.25. The number of rotatable bonds is 4. The predicted octanol–water partition coefficient (Wildman–Crippen LogP) is 1.18. The van der Waals surface area contributed by atoms with Gasteiger partial charge < -0.3 is 11.1 Å². The first kappa shape index (κ1) is 13.0. The number of carbonyl (C=O) groups excluding carboxylic acids is 1. The molecule has 0 fully saturated rings. The van der Waals surface area contributed by atoms with Crippen LogP contribution in [-0.2, 0) is 4.79 Å². The van der Waals surface area contributed by atoms with Gasteiger partial charge in [0, 0.05) is 5.69 Å². The number of hydrogen-bond acceptors (Lipinski definition) is 4. The van der Waals surface area contributed by atoms with Gasteiger partial charge in [0.1, 0.15) is 17.9 Å². The second-order valence-corrected chi connectivity index (χ2v) is 4.23. The van der Waals surface area contributed by atoms with Crippen molar-refractivity contribution in [3.05, 3.63) is 23.4 Å². The number of amides is 1. The van der Waals surface area contributed by atoms with E-state index in [2.05, 4.69) is 10.3 Å². The summed E-state index contributed by atoms with van der Waals surface area (Å²) >= 11 is 0. The van der Waals surface area contributed by atoms with E-state index in [1.807, 2.05) is 26.8 Å². The lowest BCUT2D eigenvalue weighted by atomic mass is 10.0. The SMILES string of the molecule is Cc1ccc(C#N)c(NC(C(N)=O)C(C)C)n1. The lowest BCUT2D eigenvalue weighted by Crippen LogP contribution is -2.40. The maximum atomic E-state index is 11.3. The van der Waals surface area contributed by atoms with Crippen LogP contribution in [0, 0.1) is 24.2 Å². The molecule has 1 rings (SSSR count). The molecule has 1 amide bonds. The molecule has 0 aliphatic heterocycles. The highest BCUT2D eigenvalue weighted by molar-refractivity contribution is 5.83. The van der Waals surface area contributed by atoms with Crippen LogP contribution in [0.15, 0.2) is 12.1 Å². The molecule has 1 heterocycles. The standard InChI is InChI=1S/C12H16N4O/c1-7(2)10(11(14)17)16-12-9(6-13)5-4-8(3)15-12/h4-5,7,10H,1-3H3,(H2,14,17)(H,15,16). The van der Waals surface area contributed by atoms with Crippen LogP contribution >= 0.6 is 0 Å². The molecule has 1 aromatic heterocycles. The van der Waals surface area contributed by atoms with E-state index in [0.717, 1.165) is 5.69 Å². The van der Waals surface area contributed by atoms with E-state index < -0.39 is 11.9 Å². The Bertz CT molecular complexity index is 462. The molecule has 90 valence electrons. The van der Waals surface area contributed by atoms with Crippen molar-refractivity contribution in [1.82, 2.24) is 4.98 Å². The van der Waals surface area contributed by atoms with Gasteiger partial charge in [0.15, 0.2) is 0 Å². The molecular formula is C12H16N4O. The zero-order chi connectivity index (χ0) is 13.0. The summed E-state index contributed by atoms with van der Waals surface area (Å²) < 4.78 is 0. The van der Waals surface area contributed by atoms with Gasteiger partial charge in [0.05, 0.1) is 5.56 Å². The van der Waals surface area contributed by atoms with Crippen molar-refractivity contribution < 1.29 is 4.79 Å². The molecule has 5 nitrogen and oxygen atoms in total. The number of nitriles is 1. The second kappa shape index (κ2) is 5.30. The number of nitrogens with zero attached hydrogens (tertiary/aromatic N) is 2. The Kier molecular flexibility index (Phi) is 4.05. The fourth-order valence-corrected chi connectivity index (χ4v) is 1.47. The maximum Gasteiger partial charge on any atom is 0.240 e. The van der Waals surface area contributed by atoms with Gasteiger partial charge in [0.25, 0.3) is 0 Å². The van der Waals surface area contributed by atoms with Crippen LogP contribution in [0.4, 0.5) is 5.82 Å². The highest BCUT2D eigenvalue weighted by Crippen LogP contribution is 2.15. The number of carbonyl (C=O) groups is 1. The van der Waals surface area contributed by atoms with E-state index in [1.54, 1.807) is 12.1 Å². The molecular weight excluding hydrogens is 216 g/mol. The lowest BCUT2D eigenvalue weighted by molar-refractivity contribution is -0.119. The molecule has 0 spiro atoms. The van der Waals surface area contributed by atoms with Gasteiger partial charge in [-0.05, 0) is 25.0 Å². The zero-order valence-corrected chi connectivity index (χ0v) is 10.2. The maximum absolute atomic E-state index is 11.3. The summed E-state index contributed by atoms with van der Waals surface area (Å²) in [6, 6.07) is 4.92. The number of anilines is 1. The average molecular weight is 232 g/mol. The molecule has 3 N–H and O–H groups in total. The predicted molar refractivity (Wildman–Crippen MR) is 65.1 cm³/mol. The summed E-state index contributed by atoms with van der Waals surface area (Å²) in [5, 5.41) is 11.9. The summed E-state index contributed by atoms with van der Waals surface area (Å²) in [7, 11) is 0. The summed E-state index contributed by atoms with van der Waals surface area (Å²) in [6.45, 7) is 5.58. The van der Waals surface area contributed by atoms with Crippen molar-refractivity contribution in [1.29, 1.82) is 5.26 Å². The quantitative estimate of drug-likeness (QED) is 0.815. The van der Waals surface area contributed by atoms with Gasteiger partial charge in [-0.25, -0.2) is 4.98 Å². The van der Waals surface area contributed by atoms with E-state index in [9.17, 15) is 4.79 Å². The molecule has 17 heavy (non-hydrogen) atoms. The molecule has 1 aromatic rings. The van der Waals surface area contributed by atoms with Crippen LogP contribution in [-0.4, -0.2) is 16.9 Å². The van der Waals surface area contributed by atoms with Crippen molar-refractivity contribution in [2.75, 3.05) is 5.32 Å². The minimum atomic E-state index is -0.531. The molecule has 0 saturated carbocycles. The van der Waals surface area contributed by atoms with Crippen molar-refractivity contribution >= 4 is 11.7 Å². The van der Waals surface area contributed by atoms with Crippen LogP contribution < -0.4 is 11.1 Å². The molecule has 0 saturated heterocycles. The largest absolute Gasteiger partial charge is 0.368 e. The van der Waals surface area contributed by atoms with E-state index in [4.69, 9.17) is 11.0 Å². The number of aryl methyl sites for hydroxylation is 1. The molecule has 5 heteroatoms. The third kappa shape index (κ3) is 3.18. The molecule has 0 aliphatic rings. The molecule has 0 radical (unpaired) electrons. The minimum Gasteiger partial charge on any atom is -0.368 e. The zero-order valence-electron chi connectivity index (χ0n) is 10.2.